The van der Waals surface area contributed by atoms with E-state index < -0.39 is 0 Å². The average Bonchev–Trinajstić information content (AvgIpc) is 2.06. The van der Waals surface area contributed by atoms with E-state index in [1.54, 1.807) is 26.4 Å². The van der Waals surface area contributed by atoms with Crippen LogP contribution in [-0.2, 0) is 0 Å². The molecule has 0 saturated heterocycles. The summed E-state index contributed by atoms with van der Waals surface area (Å²) < 4.78 is 10.9. The molecule has 3 nitrogen and oxygen atoms in total. The highest BCUT2D eigenvalue weighted by atomic mass is 79.9. The van der Waals surface area contributed by atoms with Crippen molar-refractivity contribution in [1.29, 1.82) is 0 Å². The zero-order chi connectivity index (χ0) is 9.14. The first-order valence-corrected chi connectivity index (χ1v) is 4.16. The molecular formula is C8H10BrNO2. The summed E-state index contributed by atoms with van der Waals surface area (Å²) in [6, 6.07) is 3.52. The Balaban J connectivity index is 3.24. The summed E-state index contributed by atoms with van der Waals surface area (Å²) in [5.74, 6) is 1.32. The van der Waals surface area contributed by atoms with Gasteiger partial charge in [0.2, 0.25) is 0 Å². The second kappa shape index (κ2) is 3.67. The largest absolute Gasteiger partial charge is 0.495 e. The summed E-state index contributed by atoms with van der Waals surface area (Å²) in [4.78, 5) is 0. The molecule has 4 heteroatoms. The first kappa shape index (κ1) is 9.19. The lowest BCUT2D eigenvalue weighted by atomic mass is 10.3. The molecule has 0 aliphatic carbocycles. The maximum absolute atomic E-state index is 5.64. The quantitative estimate of drug-likeness (QED) is 0.793. The van der Waals surface area contributed by atoms with Crippen LogP contribution in [0, 0.1) is 0 Å². The number of halogens is 1. The van der Waals surface area contributed by atoms with Crippen molar-refractivity contribution in [2.75, 3.05) is 20.0 Å². The molecule has 0 amide bonds. The number of benzene rings is 1. The zero-order valence-electron chi connectivity index (χ0n) is 6.93. The lowest BCUT2D eigenvalue weighted by molar-refractivity contribution is 0.391. The first-order valence-electron chi connectivity index (χ1n) is 3.36. The van der Waals surface area contributed by atoms with Gasteiger partial charge in [-0.3, -0.25) is 0 Å². The molecule has 0 spiro atoms. The summed E-state index contributed by atoms with van der Waals surface area (Å²) >= 11 is 3.32. The van der Waals surface area contributed by atoms with Crippen molar-refractivity contribution in [2.45, 2.75) is 0 Å². The molecule has 12 heavy (non-hydrogen) atoms. The van der Waals surface area contributed by atoms with Crippen LogP contribution in [0.4, 0.5) is 5.69 Å². The molecule has 1 aromatic rings. The summed E-state index contributed by atoms with van der Waals surface area (Å²) in [6.45, 7) is 0. The minimum absolute atomic E-state index is 0.588. The Hall–Kier alpha value is -0.900. The van der Waals surface area contributed by atoms with Gasteiger partial charge >= 0.3 is 0 Å². The molecule has 2 N–H and O–H groups in total. The monoisotopic (exact) mass is 231 g/mol. The van der Waals surface area contributed by atoms with Crippen molar-refractivity contribution >= 4 is 21.6 Å². The third-order valence-corrected chi connectivity index (χ3v) is 2.27. The van der Waals surface area contributed by atoms with E-state index in [0.29, 0.717) is 17.2 Å². The van der Waals surface area contributed by atoms with Crippen LogP contribution in [0.2, 0.25) is 0 Å². The van der Waals surface area contributed by atoms with Crippen LogP contribution < -0.4 is 15.2 Å². The number of anilines is 1. The number of nitrogen functional groups attached to an aromatic ring is 1. The number of ether oxygens (including phenoxy) is 2. The van der Waals surface area contributed by atoms with E-state index in [1.807, 2.05) is 0 Å². The first-order chi connectivity index (χ1) is 5.70. The Morgan fingerprint density at radius 2 is 1.92 bits per heavy atom. The van der Waals surface area contributed by atoms with E-state index in [-0.39, 0.29) is 0 Å². The molecule has 0 aliphatic rings. The van der Waals surface area contributed by atoms with Gasteiger partial charge in [0.1, 0.15) is 10.2 Å². The Morgan fingerprint density at radius 3 is 2.42 bits per heavy atom. The smallest absolute Gasteiger partial charge is 0.159 e. The molecule has 0 atom stereocenters. The van der Waals surface area contributed by atoms with Crippen LogP contribution in [0.5, 0.6) is 11.5 Å². The molecular weight excluding hydrogens is 222 g/mol. The van der Waals surface area contributed by atoms with E-state index >= 15 is 0 Å². The molecule has 0 bridgehead atoms. The van der Waals surface area contributed by atoms with Crippen LogP contribution in [0.1, 0.15) is 0 Å². The van der Waals surface area contributed by atoms with Crippen LogP contribution in [-0.4, -0.2) is 14.2 Å². The summed E-state index contributed by atoms with van der Waals surface area (Å²) in [5.41, 5.74) is 6.23. The van der Waals surface area contributed by atoms with Crippen LogP contribution in [0.15, 0.2) is 16.6 Å². The molecule has 0 aromatic heterocycles. The average molecular weight is 232 g/mol. The van der Waals surface area contributed by atoms with Gasteiger partial charge in [0.05, 0.1) is 19.9 Å². The number of hydrogen-bond acceptors (Lipinski definition) is 3. The van der Waals surface area contributed by atoms with Gasteiger partial charge in [-0.1, -0.05) is 0 Å². The molecule has 0 fully saturated rings. The van der Waals surface area contributed by atoms with Crippen molar-refractivity contribution in [3.63, 3.8) is 0 Å². The zero-order valence-corrected chi connectivity index (χ0v) is 8.51. The predicted octanol–water partition coefficient (Wildman–Crippen LogP) is 2.05. The number of rotatable bonds is 2. The van der Waals surface area contributed by atoms with Gasteiger partial charge in [0.25, 0.3) is 0 Å². The standard InChI is InChI=1S/C8H10BrNO2/c1-11-6-4-3-5(10)8(12-2)7(6)9/h3-4H,10H2,1-2H3. The molecule has 0 heterocycles. The van der Waals surface area contributed by atoms with Gasteiger partial charge in [0, 0.05) is 0 Å². The van der Waals surface area contributed by atoms with Gasteiger partial charge in [-0.05, 0) is 28.1 Å². The predicted molar refractivity (Wildman–Crippen MR) is 51.7 cm³/mol. The molecule has 1 aromatic carbocycles. The van der Waals surface area contributed by atoms with Gasteiger partial charge in [-0.2, -0.15) is 0 Å². The highest BCUT2D eigenvalue weighted by Gasteiger charge is 2.09. The van der Waals surface area contributed by atoms with E-state index in [0.717, 1.165) is 4.47 Å². The van der Waals surface area contributed by atoms with Crippen molar-refractivity contribution in [3.05, 3.63) is 16.6 Å². The van der Waals surface area contributed by atoms with E-state index in [1.165, 1.54) is 0 Å². The molecule has 0 aliphatic heterocycles. The maximum atomic E-state index is 5.64. The summed E-state index contributed by atoms with van der Waals surface area (Å²) in [5, 5.41) is 0. The van der Waals surface area contributed by atoms with Gasteiger partial charge in [0.15, 0.2) is 5.75 Å². The Morgan fingerprint density at radius 1 is 1.25 bits per heavy atom. The normalized spacial score (nSPS) is 9.58. The Kier molecular flexibility index (Phi) is 2.81. The third-order valence-electron chi connectivity index (χ3n) is 1.52. The van der Waals surface area contributed by atoms with Gasteiger partial charge < -0.3 is 15.2 Å². The summed E-state index contributed by atoms with van der Waals surface area (Å²) in [7, 11) is 3.16. The second-order valence-electron chi connectivity index (χ2n) is 2.20. The van der Waals surface area contributed by atoms with Gasteiger partial charge in [-0.15, -0.1) is 0 Å². The molecule has 0 unspecified atom stereocenters. The topological polar surface area (TPSA) is 44.5 Å². The lowest BCUT2D eigenvalue weighted by Gasteiger charge is -2.09. The Labute approximate surface area is 79.6 Å². The highest BCUT2D eigenvalue weighted by Crippen LogP contribution is 2.38. The molecule has 1 rings (SSSR count). The number of hydrogen-bond donors (Lipinski definition) is 1. The molecule has 0 radical (unpaired) electrons. The van der Waals surface area contributed by atoms with Gasteiger partial charge in [-0.25, -0.2) is 0 Å². The fourth-order valence-electron chi connectivity index (χ4n) is 0.918. The van der Waals surface area contributed by atoms with Crippen molar-refractivity contribution in [2.24, 2.45) is 0 Å². The van der Waals surface area contributed by atoms with E-state index in [2.05, 4.69) is 15.9 Å². The minimum atomic E-state index is 0.588. The summed E-state index contributed by atoms with van der Waals surface area (Å²) in [6.07, 6.45) is 0. The van der Waals surface area contributed by atoms with Crippen molar-refractivity contribution in [3.8, 4) is 11.5 Å². The van der Waals surface area contributed by atoms with E-state index in [9.17, 15) is 0 Å². The second-order valence-corrected chi connectivity index (χ2v) is 3.00. The molecule has 66 valence electrons. The lowest BCUT2D eigenvalue weighted by Crippen LogP contribution is -1.95. The molecule has 0 saturated carbocycles. The van der Waals surface area contributed by atoms with Crippen LogP contribution in [0.25, 0.3) is 0 Å². The Bertz CT molecular complexity index is 289. The minimum Gasteiger partial charge on any atom is -0.495 e. The van der Waals surface area contributed by atoms with Crippen LogP contribution in [0.3, 0.4) is 0 Å². The number of nitrogens with two attached hydrogens (primary N) is 1. The van der Waals surface area contributed by atoms with Crippen molar-refractivity contribution < 1.29 is 9.47 Å². The van der Waals surface area contributed by atoms with E-state index in [4.69, 9.17) is 15.2 Å². The fourth-order valence-corrected chi connectivity index (χ4v) is 1.60. The van der Waals surface area contributed by atoms with Crippen molar-refractivity contribution in [1.82, 2.24) is 0 Å². The third kappa shape index (κ3) is 1.48. The maximum Gasteiger partial charge on any atom is 0.159 e. The SMILES string of the molecule is COc1ccc(N)c(OC)c1Br. The highest BCUT2D eigenvalue weighted by molar-refractivity contribution is 9.10. The van der Waals surface area contributed by atoms with Crippen LogP contribution >= 0.6 is 15.9 Å². The number of methoxy groups -OCH3 is 2. The fraction of sp³-hybridized carbons (Fsp3) is 0.250.